The van der Waals surface area contributed by atoms with Crippen LogP contribution in [0.4, 0.5) is 0 Å². The third kappa shape index (κ3) is 3.19. The molecule has 1 unspecified atom stereocenters. The van der Waals surface area contributed by atoms with Crippen LogP contribution in [0.15, 0.2) is 0 Å². The second-order valence-corrected chi connectivity index (χ2v) is 5.24. The zero-order chi connectivity index (χ0) is 12.1. The zero-order valence-corrected chi connectivity index (χ0v) is 10.9. The molecule has 4 heteroatoms. The van der Waals surface area contributed by atoms with E-state index in [0.29, 0.717) is 11.8 Å². The summed E-state index contributed by atoms with van der Waals surface area (Å²) in [5.74, 6) is 0.872. The van der Waals surface area contributed by atoms with Gasteiger partial charge in [-0.25, -0.2) is 0 Å². The van der Waals surface area contributed by atoms with Crippen LogP contribution in [-0.2, 0) is 4.79 Å². The van der Waals surface area contributed by atoms with E-state index in [9.17, 15) is 4.79 Å². The number of carbonyl (C=O) groups is 1. The molecule has 1 saturated heterocycles. The Kier molecular flexibility index (Phi) is 4.80. The highest BCUT2D eigenvalue weighted by Crippen LogP contribution is 2.27. The summed E-state index contributed by atoms with van der Waals surface area (Å²) in [6.45, 7) is 3.60. The molecule has 1 aliphatic carbocycles. The number of likely N-dealkylation sites (N-methyl/N-ethyl adjacent to an activating group) is 1. The van der Waals surface area contributed by atoms with E-state index in [1.54, 1.807) is 0 Å². The number of nitrogens with zero attached hydrogens (tertiary/aromatic N) is 1. The minimum absolute atomic E-state index is 0.0494. The van der Waals surface area contributed by atoms with Gasteiger partial charge in [0.05, 0.1) is 6.04 Å². The summed E-state index contributed by atoms with van der Waals surface area (Å²) in [5, 5.41) is 6.55. The van der Waals surface area contributed by atoms with Gasteiger partial charge >= 0.3 is 0 Å². The molecule has 2 fully saturated rings. The topological polar surface area (TPSA) is 44.4 Å². The van der Waals surface area contributed by atoms with Crippen LogP contribution in [0.25, 0.3) is 0 Å². The van der Waals surface area contributed by atoms with Gasteiger partial charge in [0.15, 0.2) is 0 Å². The van der Waals surface area contributed by atoms with Crippen molar-refractivity contribution in [1.29, 1.82) is 0 Å². The molecule has 1 aliphatic heterocycles. The normalized spacial score (nSPS) is 24.6. The number of carbonyl (C=O) groups excluding carboxylic acids is 1. The minimum atomic E-state index is 0.0494. The molecule has 1 atom stereocenters. The van der Waals surface area contributed by atoms with Crippen molar-refractivity contribution in [3.63, 3.8) is 0 Å². The number of amides is 1. The standard InChI is InChI=1S/C13H25N3O/c1-14-12(11-5-3-2-4-6-11)13(17)16-9-7-15-8-10-16/h11-12,14-15H,2-10H2,1H3. The maximum absolute atomic E-state index is 12.5. The van der Waals surface area contributed by atoms with Crippen LogP contribution in [0.5, 0.6) is 0 Å². The van der Waals surface area contributed by atoms with E-state index in [2.05, 4.69) is 10.6 Å². The zero-order valence-electron chi connectivity index (χ0n) is 10.9. The van der Waals surface area contributed by atoms with Gasteiger partial charge in [-0.3, -0.25) is 4.79 Å². The molecular weight excluding hydrogens is 214 g/mol. The van der Waals surface area contributed by atoms with Crippen molar-refractivity contribution in [1.82, 2.24) is 15.5 Å². The quantitative estimate of drug-likeness (QED) is 0.757. The molecule has 17 heavy (non-hydrogen) atoms. The Morgan fingerprint density at radius 2 is 1.88 bits per heavy atom. The molecule has 2 aliphatic rings. The fraction of sp³-hybridized carbons (Fsp3) is 0.923. The monoisotopic (exact) mass is 239 g/mol. The Balaban J connectivity index is 1.93. The highest BCUT2D eigenvalue weighted by atomic mass is 16.2. The van der Waals surface area contributed by atoms with Crippen molar-refractivity contribution in [3.05, 3.63) is 0 Å². The summed E-state index contributed by atoms with van der Waals surface area (Å²) in [6.07, 6.45) is 6.34. The maximum atomic E-state index is 12.5. The molecule has 1 saturated carbocycles. The van der Waals surface area contributed by atoms with E-state index in [4.69, 9.17) is 0 Å². The van der Waals surface area contributed by atoms with Gasteiger partial charge in [0.1, 0.15) is 0 Å². The first-order chi connectivity index (χ1) is 8.33. The average Bonchev–Trinajstić information content (AvgIpc) is 2.42. The van der Waals surface area contributed by atoms with Gasteiger partial charge in [-0.2, -0.15) is 0 Å². The molecule has 2 rings (SSSR count). The van der Waals surface area contributed by atoms with Crippen LogP contribution in [0.3, 0.4) is 0 Å². The van der Waals surface area contributed by atoms with E-state index in [-0.39, 0.29) is 6.04 Å². The van der Waals surface area contributed by atoms with Crippen LogP contribution >= 0.6 is 0 Å². The Morgan fingerprint density at radius 3 is 2.47 bits per heavy atom. The molecule has 0 aromatic rings. The van der Waals surface area contributed by atoms with E-state index in [1.807, 2.05) is 11.9 Å². The maximum Gasteiger partial charge on any atom is 0.240 e. The Labute approximate surface area is 104 Å². The fourth-order valence-corrected chi connectivity index (χ4v) is 3.11. The van der Waals surface area contributed by atoms with Gasteiger partial charge in [-0.05, 0) is 25.8 Å². The third-order valence-corrected chi connectivity index (χ3v) is 4.13. The first kappa shape index (κ1) is 12.8. The minimum Gasteiger partial charge on any atom is -0.339 e. The SMILES string of the molecule is CNC(C(=O)N1CCNCC1)C1CCCCC1. The van der Waals surface area contributed by atoms with Crippen LogP contribution in [0, 0.1) is 5.92 Å². The number of rotatable bonds is 3. The van der Waals surface area contributed by atoms with Gasteiger partial charge < -0.3 is 15.5 Å². The second-order valence-electron chi connectivity index (χ2n) is 5.24. The van der Waals surface area contributed by atoms with Gasteiger partial charge in [0.2, 0.25) is 5.91 Å². The number of hydrogen-bond donors (Lipinski definition) is 2. The third-order valence-electron chi connectivity index (χ3n) is 4.13. The number of piperazine rings is 1. The van der Waals surface area contributed by atoms with Gasteiger partial charge in [-0.1, -0.05) is 19.3 Å². The highest BCUT2D eigenvalue weighted by molar-refractivity contribution is 5.82. The van der Waals surface area contributed by atoms with Gasteiger partial charge in [-0.15, -0.1) is 0 Å². The number of nitrogens with one attached hydrogen (secondary N) is 2. The molecule has 0 radical (unpaired) electrons. The van der Waals surface area contributed by atoms with Gasteiger partial charge in [0.25, 0.3) is 0 Å². The molecular formula is C13H25N3O. The summed E-state index contributed by atoms with van der Waals surface area (Å²) in [6, 6.07) is 0.0494. The smallest absolute Gasteiger partial charge is 0.240 e. The van der Waals surface area contributed by atoms with Crippen LogP contribution in [0.2, 0.25) is 0 Å². The Bertz CT molecular complexity index is 245. The van der Waals surface area contributed by atoms with Crippen LogP contribution in [0.1, 0.15) is 32.1 Å². The Morgan fingerprint density at radius 1 is 1.24 bits per heavy atom. The van der Waals surface area contributed by atoms with Crippen molar-refractivity contribution in [2.45, 2.75) is 38.1 Å². The average molecular weight is 239 g/mol. The lowest BCUT2D eigenvalue weighted by Crippen LogP contribution is -2.54. The largest absolute Gasteiger partial charge is 0.339 e. The van der Waals surface area contributed by atoms with E-state index in [1.165, 1.54) is 32.1 Å². The summed E-state index contributed by atoms with van der Waals surface area (Å²) in [7, 11) is 1.93. The predicted molar refractivity (Wildman–Crippen MR) is 68.9 cm³/mol. The lowest BCUT2D eigenvalue weighted by Gasteiger charge is -2.35. The molecule has 1 heterocycles. The lowest BCUT2D eigenvalue weighted by molar-refractivity contribution is -0.135. The highest BCUT2D eigenvalue weighted by Gasteiger charge is 2.31. The molecule has 0 aromatic carbocycles. The summed E-state index contributed by atoms with van der Waals surface area (Å²) < 4.78 is 0. The van der Waals surface area contributed by atoms with E-state index in [0.717, 1.165) is 26.2 Å². The molecule has 0 bridgehead atoms. The van der Waals surface area contributed by atoms with E-state index >= 15 is 0 Å². The summed E-state index contributed by atoms with van der Waals surface area (Å²) in [5.41, 5.74) is 0. The fourth-order valence-electron chi connectivity index (χ4n) is 3.11. The molecule has 98 valence electrons. The molecule has 1 amide bonds. The van der Waals surface area contributed by atoms with E-state index < -0.39 is 0 Å². The predicted octanol–water partition coefficient (Wildman–Crippen LogP) is 0.587. The second kappa shape index (κ2) is 6.36. The summed E-state index contributed by atoms with van der Waals surface area (Å²) >= 11 is 0. The lowest BCUT2D eigenvalue weighted by atomic mass is 9.83. The molecule has 0 aromatic heterocycles. The van der Waals surface area contributed by atoms with Crippen molar-refractivity contribution in [3.8, 4) is 0 Å². The van der Waals surface area contributed by atoms with Crippen LogP contribution < -0.4 is 10.6 Å². The van der Waals surface area contributed by atoms with Crippen LogP contribution in [-0.4, -0.2) is 50.1 Å². The van der Waals surface area contributed by atoms with Crippen molar-refractivity contribution >= 4 is 5.91 Å². The van der Waals surface area contributed by atoms with Gasteiger partial charge in [0, 0.05) is 26.2 Å². The first-order valence-corrected chi connectivity index (χ1v) is 6.99. The van der Waals surface area contributed by atoms with Crippen molar-refractivity contribution in [2.24, 2.45) is 5.92 Å². The molecule has 0 spiro atoms. The molecule has 2 N–H and O–H groups in total. The van der Waals surface area contributed by atoms with Crippen molar-refractivity contribution < 1.29 is 4.79 Å². The summed E-state index contributed by atoms with van der Waals surface area (Å²) in [4.78, 5) is 14.5. The Hall–Kier alpha value is -0.610. The molecule has 4 nitrogen and oxygen atoms in total. The van der Waals surface area contributed by atoms with Crippen molar-refractivity contribution in [2.75, 3.05) is 33.2 Å². The first-order valence-electron chi connectivity index (χ1n) is 6.99. The number of hydrogen-bond acceptors (Lipinski definition) is 3.